The molecule has 1 aromatic rings. The van der Waals surface area contributed by atoms with Gasteiger partial charge >= 0.3 is 5.97 Å². The van der Waals surface area contributed by atoms with Crippen molar-refractivity contribution in [3.63, 3.8) is 0 Å². The maximum Gasteiger partial charge on any atom is 0.338 e. The van der Waals surface area contributed by atoms with Crippen molar-refractivity contribution >= 4 is 5.97 Å². The summed E-state index contributed by atoms with van der Waals surface area (Å²) in [5.74, 6) is -1.44. The van der Waals surface area contributed by atoms with Crippen molar-refractivity contribution in [2.45, 2.75) is 38.7 Å². The quantitative estimate of drug-likeness (QED) is 0.822. The summed E-state index contributed by atoms with van der Waals surface area (Å²) in [6, 6.07) is 5.76. The van der Waals surface area contributed by atoms with E-state index in [0.717, 1.165) is 0 Å². The predicted octanol–water partition coefficient (Wildman–Crippen LogP) is 2.63. The number of halogens is 1. The molecule has 0 aliphatic rings. The van der Waals surface area contributed by atoms with Gasteiger partial charge in [-0.15, -0.1) is 0 Å². The molecule has 0 aliphatic heterocycles. The maximum absolute atomic E-state index is 12.9. The van der Waals surface area contributed by atoms with Gasteiger partial charge in [0.15, 0.2) is 5.60 Å². The van der Waals surface area contributed by atoms with Crippen molar-refractivity contribution in [1.29, 1.82) is 0 Å². The van der Waals surface area contributed by atoms with Gasteiger partial charge < -0.3 is 9.84 Å². The Morgan fingerprint density at radius 2 is 1.94 bits per heavy atom. The first-order chi connectivity index (χ1) is 8.45. The number of hydrogen-bond donors (Lipinski definition) is 1. The van der Waals surface area contributed by atoms with Crippen molar-refractivity contribution in [3.05, 3.63) is 35.6 Å². The second-order valence-corrected chi connectivity index (χ2v) is 4.27. The molecule has 0 aromatic heterocycles. The fourth-order valence-electron chi connectivity index (χ4n) is 1.91. The first kappa shape index (κ1) is 14.6. The SMILES string of the molecule is CCOC(=O)C(O)(CC)C(C)c1ccc(F)cc1. The van der Waals surface area contributed by atoms with E-state index in [4.69, 9.17) is 4.74 Å². The third kappa shape index (κ3) is 2.88. The van der Waals surface area contributed by atoms with Crippen molar-refractivity contribution in [2.75, 3.05) is 6.61 Å². The van der Waals surface area contributed by atoms with Crippen LogP contribution in [0.4, 0.5) is 4.39 Å². The van der Waals surface area contributed by atoms with E-state index < -0.39 is 17.5 Å². The van der Waals surface area contributed by atoms with Crippen LogP contribution in [0, 0.1) is 5.82 Å². The highest BCUT2D eigenvalue weighted by Gasteiger charge is 2.42. The van der Waals surface area contributed by atoms with Crippen molar-refractivity contribution < 1.29 is 19.0 Å². The minimum absolute atomic E-state index is 0.220. The number of carbonyl (C=O) groups is 1. The van der Waals surface area contributed by atoms with Gasteiger partial charge in [-0.2, -0.15) is 0 Å². The molecule has 2 atom stereocenters. The predicted molar refractivity (Wildman–Crippen MR) is 66.7 cm³/mol. The first-order valence-corrected chi connectivity index (χ1v) is 6.10. The van der Waals surface area contributed by atoms with Crippen LogP contribution in [-0.4, -0.2) is 23.3 Å². The first-order valence-electron chi connectivity index (χ1n) is 6.10. The molecule has 0 saturated carbocycles. The molecule has 0 heterocycles. The normalized spacial score (nSPS) is 15.8. The van der Waals surface area contributed by atoms with Crippen LogP contribution in [0.3, 0.4) is 0 Å². The van der Waals surface area contributed by atoms with Gasteiger partial charge in [0.1, 0.15) is 5.82 Å². The molecule has 0 radical (unpaired) electrons. The number of aliphatic hydroxyl groups is 1. The summed E-state index contributed by atoms with van der Waals surface area (Å²) in [6.45, 7) is 5.36. The van der Waals surface area contributed by atoms with Gasteiger partial charge in [0.2, 0.25) is 0 Å². The lowest BCUT2D eigenvalue weighted by atomic mass is 9.81. The van der Waals surface area contributed by atoms with Crippen LogP contribution < -0.4 is 0 Å². The standard InChI is InChI=1S/C14H19FO3/c1-4-14(17,13(16)18-5-2)10(3)11-6-8-12(15)9-7-11/h6-10,17H,4-5H2,1-3H3. The van der Waals surface area contributed by atoms with E-state index in [1.54, 1.807) is 32.9 Å². The molecule has 1 aromatic carbocycles. The van der Waals surface area contributed by atoms with Crippen molar-refractivity contribution in [1.82, 2.24) is 0 Å². The Labute approximate surface area is 107 Å². The fourth-order valence-corrected chi connectivity index (χ4v) is 1.91. The zero-order chi connectivity index (χ0) is 13.8. The van der Waals surface area contributed by atoms with Crippen LogP contribution in [-0.2, 0) is 9.53 Å². The summed E-state index contributed by atoms with van der Waals surface area (Å²) in [5.41, 5.74) is -0.873. The topological polar surface area (TPSA) is 46.5 Å². The molecule has 3 nitrogen and oxygen atoms in total. The second kappa shape index (κ2) is 5.96. The molecule has 18 heavy (non-hydrogen) atoms. The molecule has 0 amide bonds. The van der Waals surface area contributed by atoms with Crippen LogP contribution in [0.5, 0.6) is 0 Å². The highest BCUT2D eigenvalue weighted by Crippen LogP contribution is 2.32. The lowest BCUT2D eigenvalue weighted by Gasteiger charge is -2.31. The van der Waals surface area contributed by atoms with E-state index in [-0.39, 0.29) is 18.8 Å². The number of ether oxygens (including phenoxy) is 1. The van der Waals surface area contributed by atoms with Gasteiger partial charge in [-0.3, -0.25) is 0 Å². The summed E-state index contributed by atoms with van der Waals surface area (Å²) in [6.07, 6.45) is 0.240. The van der Waals surface area contributed by atoms with E-state index >= 15 is 0 Å². The van der Waals surface area contributed by atoms with E-state index in [0.29, 0.717) is 5.56 Å². The minimum atomic E-state index is -1.58. The summed E-state index contributed by atoms with van der Waals surface area (Å²) in [5, 5.41) is 10.4. The second-order valence-electron chi connectivity index (χ2n) is 4.27. The van der Waals surface area contributed by atoms with Gasteiger partial charge in [0.05, 0.1) is 6.61 Å². The molecule has 0 spiro atoms. The minimum Gasteiger partial charge on any atom is -0.464 e. The molecule has 0 bridgehead atoms. The van der Waals surface area contributed by atoms with Crippen molar-refractivity contribution in [3.8, 4) is 0 Å². The van der Waals surface area contributed by atoms with Crippen LogP contribution in [0.15, 0.2) is 24.3 Å². The maximum atomic E-state index is 12.9. The molecule has 100 valence electrons. The Morgan fingerprint density at radius 3 is 2.39 bits per heavy atom. The molecule has 1 N–H and O–H groups in total. The molecule has 1 rings (SSSR count). The van der Waals surface area contributed by atoms with Gasteiger partial charge in [0.25, 0.3) is 0 Å². The third-order valence-corrected chi connectivity index (χ3v) is 3.25. The van der Waals surface area contributed by atoms with E-state index in [9.17, 15) is 14.3 Å². The number of rotatable bonds is 5. The van der Waals surface area contributed by atoms with Crippen LogP contribution in [0.1, 0.15) is 38.7 Å². The Morgan fingerprint density at radius 1 is 1.39 bits per heavy atom. The Balaban J connectivity index is 3.00. The average Bonchev–Trinajstić information content (AvgIpc) is 2.38. The molecule has 4 heteroatoms. The average molecular weight is 254 g/mol. The smallest absolute Gasteiger partial charge is 0.338 e. The monoisotopic (exact) mass is 254 g/mol. The molecule has 2 unspecified atom stereocenters. The fraction of sp³-hybridized carbons (Fsp3) is 0.500. The molecule has 0 fully saturated rings. The molecular weight excluding hydrogens is 235 g/mol. The van der Waals surface area contributed by atoms with Crippen LogP contribution in [0.25, 0.3) is 0 Å². The third-order valence-electron chi connectivity index (χ3n) is 3.25. The highest BCUT2D eigenvalue weighted by molar-refractivity contribution is 5.80. The van der Waals surface area contributed by atoms with Gasteiger partial charge in [-0.25, -0.2) is 9.18 Å². The lowest BCUT2D eigenvalue weighted by molar-refractivity contribution is -0.167. The summed E-state index contributed by atoms with van der Waals surface area (Å²) < 4.78 is 17.8. The van der Waals surface area contributed by atoms with E-state index in [1.807, 2.05) is 0 Å². The van der Waals surface area contributed by atoms with E-state index in [2.05, 4.69) is 0 Å². The lowest BCUT2D eigenvalue weighted by Crippen LogP contribution is -2.44. The zero-order valence-corrected chi connectivity index (χ0v) is 10.9. The van der Waals surface area contributed by atoms with Gasteiger partial charge in [-0.05, 0) is 31.0 Å². The Bertz CT molecular complexity index is 402. The Kier molecular flexibility index (Phi) is 4.84. The van der Waals surface area contributed by atoms with Gasteiger partial charge in [-0.1, -0.05) is 26.0 Å². The summed E-state index contributed by atoms with van der Waals surface area (Å²) in [4.78, 5) is 11.8. The van der Waals surface area contributed by atoms with Crippen LogP contribution in [0.2, 0.25) is 0 Å². The number of benzene rings is 1. The zero-order valence-electron chi connectivity index (χ0n) is 10.9. The highest BCUT2D eigenvalue weighted by atomic mass is 19.1. The number of hydrogen-bond acceptors (Lipinski definition) is 3. The van der Waals surface area contributed by atoms with Crippen LogP contribution >= 0.6 is 0 Å². The number of esters is 1. The Hall–Kier alpha value is -1.42. The molecule has 0 aliphatic carbocycles. The van der Waals surface area contributed by atoms with Gasteiger partial charge in [0, 0.05) is 5.92 Å². The van der Waals surface area contributed by atoms with E-state index in [1.165, 1.54) is 12.1 Å². The largest absolute Gasteiger partial charge is 0.464 e. The van der Waals surface area contributed by atoms with Crippen molar-refractivity contribution in [2.24, 2.45) is 0 Å². The number of carbonyl (C=O) groups excluding carboxylic acids is 1. The molecular formula is C14H19FO3. The summed E-state index contributed by atoms with van der Waals surface area (Å²) in [7, 11) is 0. The molecule has 0 saturated heterocycles. The summed E-state index contributed by atoms with van der Waals surface area (Å²) >= 11 is 0.